The average molecular weight is 378 g/mol. The number of ketones is 1. The van der Waals surface area contributed by atoms with Gasteiger partial charge in [0.1, 0.15) is 0 Å². The number of carbonyl (C=O) groups excluding carboxylic acids is 2. The molecule has 26 heavy (non-hydrogen) atoms. The molecule has 0 unspecified atom stereocenters. The van der Waals surface area contributed by atoms with Crippen molar-refractivity contribution >= 4 is 23.0 Å². The Bertz CT molecular complexity index is 659. The van der Waals surface area contributed by atoms with Gasteiger partial charge in [0.2, 0.25) is 5.91 Å². The lowest BCUT2D eigenvalue weighted by molar-refractivity contribution is -0.131. The van der Waals surface area contributed by atoms with Crippen LogP contribution in [0.5, 0.6) is 0 Å². The highest BCUT2D eigenvalue weighted by Crippen LogP contribution is 2.22. The van der Waals surface area contributed by atoms with Crippen molar-refractivity contribution in [3.05, 3.63) is 21.4 Å². The maximum atomic E-state index is 12.6. The van der Waals surface area contributed by atoms with Gasteiger partial charge in [-0.15, -0.1) is 11.3 Å². The number of amides is 1. The zero-order valence-corrected chi connectivity index (χ0v) is 16.4. The molecular formula is C19H27N3O3S. The summed E-state index contributed by atoms with van der Waals surface area (Å²) in [7, 11) is 0. The van der Waals surface area contributed by atoms with Crippen molar-refractivity contribution in [2.45, 2.75) is 33.1 Å². The highest BCUT2D eigenvalue weighted by molar-refractivity contribution is 7.12. The largest absolute Gasteiger partial charge is 0.379 e. The highest BCUT2D eigenvalue weighted by atomic mass is 32.1. The molecule has 2 rings (SSSR count). The van der Waals surface area contributed by atoms with Gasteiger partial charge in [-0.3, -0.25) is 14.5 Å². The van der Waals surface area contributed by atoms with Crippen LogP contribution < -0.4 is 0 Å². The molecule has 1 aliphatic heterocycles. The van der Waals surface area contributed by atoms with E-state index in [1.54, 1.807) is 16.2 Å². The molecule has 0 bridgehead atoms. The molecule has 0 radical (unpaired) electrons. The van der Waals surface area contributed by atoms with Gasteiger partial charge in [0, 0.05) is 60.9 Å². The summed E-state index contributed by atoms with van der Waals surface area (Å²) in [5.41, 5.74) is 0.734. The van der Waals surface area contributed by atoms with Crippen LogP contribution in [-0.4, -0.2) is 67.4 Å². The van der Waals surface area contributed by atoms with E-state index in [2.05, 4.69) is 11.0 Å². The molecule has 0 N–H and O–H groups in total. The molecule has 0 atom stereocenters. The fourth-order valence-corrected chi connectivity index (χ4v) is 4.00. The molecule has 1 saturated heterocycles. The second kappa shape index (κ2) is 10.4. The fraction of sp³-hybridized carbons (Fsp3) is 0.632. The van der Waals surface area contributed by atoms with Crippen LogP contribution in [0, 0.1) is 25.2 Å². The molecule has 1 amide bonds. The van der Waals surface area contributed by atoms with E-state index < -0.39 is 0 Å². The zero-order valence-electron chi connectivity index (χ0n) is 15.6. The summed E-state index contributed by atoms with van der Waals surface area (Å²) in [4.78, 5) is 31.1. The fourth-order valence-electron chi connectivity index (χ4n) is 3.05. The molecule has 0 aromatic carbocycles. The van der Waals surface area contributed by atoms with Gasteiger partial charge in [-0.2, -0.15) is 5.26 Å². The van der Waals surface area contributed by atoms with E-state index in [1.807, 2.05) is 19.9 Å². The summed E-state index contributed by atoms with van der Waals surface area (Å²) in [5.74, 6) is -0.0277. The standard InChI is InChI=1S/C19H27N3O3S/c1-15-14-17(16(2)26-15)18(23)4-5-19(24)22(7-3-6-20)9-8-21-10-12-25-13-11-21/h14H,3-5,7-13H2,1-2H3. The van der Waals surface area contributed by atoms with Crippen LogP contribution in [-0.2, 0) is 9.53 Å². The molecular weight excluding hydrogens is 350 g/mol. The predicted molar refractivity (Wildman–Crippen MR) is 101 cm³/mol. The first kappa shape index (κ1) is 20.6. The van der Waals surface area contributed by atoms with E-state index in [-0.39, 0.29) is 24.5 Å². The van der Waals surface area contributed by atoms with Crippen LogP contribution in [0.15, 0.2) is 6.07 Å². The van der Waals surface area contributed by atoms with Crippen molar-refractivity contribution in [2.75, 3.05) is 45.9 Å². The summed E-state index contributed by atoms with van der Waals surface area (Å²) >= 11 is 1.61. The number of Topliss-reactive ketones (excluding diaryl/α,β-unsaturated/α-hetero) is 1. The minimum atomic E-state index is -0.0496. The molecule has 0 aliphatic carbocycles. The van der Waals surface area contributed by atoms with E-state index >= 15 is 0 Å². The molecule has 1 aliphatic rings. The lowest BCUT2D eigenvalue weighted by Crippen LogP contribution is -2.43. The lowest BCUT2D eigenvalue weighted by Gasteiger charge is -2.30. The normalized spacial score (nSPS) is 14.8. The predicted octanol–water partition coefficient (Wildman–Crippen LogP) is 2.40. The van der Waals surface area contributed by atoms with E-state index in [0.29, 0.717) is 19.5 Å². The van der Waals surface area contributed by atoms with E-state index in [4.69, 9.17) is 10.00 Å². The monoisotopic (exact) mass is 377 g/mol. The van der Waals surface area contributed by atoms with Gasteiger partial charge in [0.15, 0.2) is 5.78 Å². The highest BCUT2D eigenvalue weighted by Gasteiger charge is 2.19. The Morgan fingerprint density at radius 1 is 1.27 bits per heavy atom. The Kier molecular flexibility index (Phi) is 8.23. The number of thiophene rings is 1. The molecule has 2 heterocycles. The second-order valence-corrected chi connectivity index (χ2v) is 7.95. The number of aryl methyl sites for hydroxylation is 2. The average Bonchev–Trinajstić information content (AvgIpc) is 2.98. The third-order valence-corrected chi connectivity index (χ3v) is 5.51. The molecule has 6 nitrogen and oxygen atoms in total. The number of hydrogen-bond donors (Lipinski definition) is 0. The summed E-state index contributed by atoms with van der Waals surface area (Å²) in [6, 6.07) is 4.00. The van der Waals surface area contributed by atoms with Crippen molar-refractivity contribution < 1.29 is 14.3 Å². The zero-order chi connectivity index (χ0) is 18.9. The van der Waals surface area contributed by atoms with Crippen molar-refractivity contribution in [1.82, 2.24) is 9.80 Å². The van der Waals surface area contributed by atoms with Crippen LogP contribution in [0.25, 0.3) is 0 Å². The first-order valence-electron chi connectivity index (χ1n) is 9.06. The van der Waals surface area contributed by atoms with Gasteiger partial charge in [-0.05, 0) is 19.9 Å². The summed E-state index contributed by atoms with van der Waals surface area (Å²) in [5, 5.41) is 8.85. The minimum Gasteiger partial charge on any atom is -0.379 e. The SMILES string of the molecule is Cc1cc(C(=O)CCC(=O)N(CCC#N)CCN2CCOCC2)c(C)s1. The van der Waals surface area contributed by atoms with Gasteiger partial charge in [0.25, 0.3) is 0 Å². The van der Waals surface area contributed by atoms with Crippen molar-refractivity contribution in [3.63, 3.8) is 0 Å². The molecule has 0 saturated carbocycles. The molecule has 142 valence electrons. The number of hydrogen-bond acceptors (Lipinski definition) is 6. The first-order valence-corrected chi connectivity index (χ1v) is 9.88. The van der Waals surface area contributed by atoms with Crippen LogP contribution in [0.1, 0.15) is 39.4 Å². The molecule has 1 aromatic heterocycles. The Labute approximate surface area is 159 Å². The Morgan fingerprint density at radius 2 is 2.00 bits per heavy atom. The molecule has 1 aromatic rings. The van der Waals surface area contributed by atoms with Crippen LogP contribution in [0.2, 0.25) is 0 Å². The second-order valence-electron chi connectivity index (χ2n) is 6.49. The van der Waals surface area contributed by atoms with Crippen molar-refractivity contribution in [3.8, 4) is 6.07 Å². The summed E-state index contributed by atoms with van der Waals surface area (Å²) < 4.78 is 5.34. The maximum absolute atomic E-state index is 12.6. The number of ether oxygens (including phenoxy) is 1. The number of morpholine rings is 1. The summed E-state index contributed by atoms with van der Waals surface area (Å²) in [6.45, 7) is 8.89. The molecule has 7 heteroatoms. The number of nitrogens with zero attached hydrogens (tertiary/aromatic N) is 3. The van der Waals surface area contributed by atoms with Gasteiger partial charge < -0.3 is 9.64 Å². The Hall–Kier alpha value is -1.75. The number of carbonyl (C=O) groups is 2. The smallest absolute Gasteiger partial charge is 0.223 e. The van der Waals surface area contributed by atoms with Crippen molar-refractivity contribution in [2.24, 2.45) is 0 Å². The van der Waals surface area contributed by atoms with Gasteiger partial charge in [0.05, 0.1) is 25.7 Å². The minimum absolute atomic E-state index is 0.0219. The van der Waals surface area contributed by atoms with Crippen LogP contribution >= 0.6 is 11.3 Å². The first-order chi connectivity index (χ1) is 12.5. The lowest BCUT2D eigenvalue weighted by atomic mass is 10.1. The third kappa shape index (κ3) is 6.20. The van der Waals surface area contributed by atoms with Crippen molar-refractivity contribution in [1.29, 1.82) is 5.26 Å². The van der Waals surface area contributed by atoms with E-state index in [9.17, 15) is 9.59 Å². The van der Waals surface area contributed by atoms with Gasteiger partial charge in [-0.25, -0.2) is 0 Å². The number of rotatable bonds is 9. The Morgan fingerprint density at radius 3 is 2.62 bits per heavy atom. The van der Waals surface area contributed by atoms with Crippen LogP contribution in [0.4, 0.5) is 0 Å². The Balaban J connectivity index is 1.85. The van der Waals surface area contributed by atoms with Gasteiger partial charge in [-0.1, -0.05) is 0 Å². The van der Waals surface area contributed by atoms with E-state index in [1.165, 1.54) is 0 Å². The number of nitriles is 1. The third-order valence-electron chi connectivity index (χ3n) is 4.54. The molecule has 0 spiro atoms. The molecule has 1 fully saturated rings. The van der Waals surface area contributed by atoms with Crippen LogP contribution in [0.3, 0.4) is 0 Å². The topological polar surface area (TPSA) is 73.6 Å². The quantitative estimate of drug-likeness (QED) is 0.618. The van der Waals surface area contributed by atoms with Gasteiger partial charge >= 0.3 is 0 Å². The maximum Gasteiger partial charge on any atom is 0.223 e. The van der Waals surface area contributed by atoms with E-state index in [0.717, 1.165) is 48.2 Å². The summed E-state index contributed by atoms with van der Waals surface area (Å²) in [6.07, 6.45) is 0.726.